The van der Waals surface area contributed by atoms with E-state index in [1.165, 1.54) is 5.57 Å². The summed E-state index contributed by atoms with van der Waals surface area (Å²) in [6, 6.07) is 16.1. The summed E-state index contributed by atoms with van der Waals surface area (Å²) in [5.74, 6) is 1.82. The summed E-state index contributed by atoms with van der Waals surface area (Å²) in [5.41, 5.74) is 3.44. The van der Waals surface area contributed by atoms with E-state index in [1.54, 1.807) is 7.11 Å². The van der Waals surface area contributed by atoms with Crippen LogP contribution in [0.5, 0.6) is 11.5 Å². The number of rotatable bonds is 3. The highest BCUT2D eigenvalue weighted by atomic mass is 16.5. The number of methoxy groups -OCH3 is 1. The molecule has 0 fully saturated rings. The van der Waals surface area contributed by atoms with Crippen molar-refractivity contribution in [1.29, 1.82) is 0 Å². The summed E-state index contributed by atoms with van der Waals surface area (Å²) >= 11 is 0. The fourth-order valence-electron chi connectivity index (χ4n) is 2.15. The molecule has 1 aliphatic rings. The van der Waals surface area contributed by atoms with Gasteiger partial charge in [-0.15, -0.1) is 0 Å². The molecule has 0 aromatic heterocycles. The van der Waals surface area contributed by atoms with E-state index in [0.29, 0.717) is 6.61 Å². The topological polar surface area (TPSA) is 18.5 Å². The Balaban J connectivity index is 1.78. The lowest BCUT2D eigenvalue weighted by Gasteiger charge is -2.15. The average molecular weight is 264 g/mol. The van der Waals surface area contributed by atoms with Gasteiger partial charge in [0.1, 0.15) is 18.1 Å². The van der Waals surface area contributed by atoms with Gasteiger partial charge in [-0.3, -0.25) is 0 Å². The predicted octanol–water partition coefficient (Wildman–Crippen LogP) is 4.18. The molecule has 0 saturated heterocycles. The smallest absolute Gasteiger partial charge is 0.127 e. The van der Waals surface area contributed by atoms with Crippen LogP contribution in [0.4, 0.5) is 0 Å². The first kappa shape index (κ1) is 12.5. The van der Waals surface area contributed by atoms with E-state index in [0.717, 1.165) is 22.6 Å². The minimum atomic E-state index is 0.615. The van der Waals surface area contributed by atoms with Gasteiger partial charge in [0.25, 0.3) is 0 Å². The van der Waals surface area contributed by atoms with E-state index in [-0.39, 0.29) is 0 Å². The molecule has 20 heavy (non-hydrogen) atoms. The molecule has 0 amide bonds. The second-order valence-electron chi connectivity index (χ2n) is 4.65. The number of para-hydroxylation sites is 1. The van der Waals surface area contributed by atoms with Gasteiger partial charge in [0.05, 0.1) is 7.11 Å². The largest absolute Gasteiger partial charge is 0.497 e. The van der Waals surface area contributed by atoms with Crippen LogP contribution in [-0.4, -0.2) is 13.7 Å². The van der Waals surface area contributed by atoms with Crippen molar-refractivity contribution in [3.05, 3.63) is 71.3 Å². The lowest BCUT2D eigenvalue weighted by molar-refractivity contribution is 0.351. The summed E-state index contributed by atoms with van der Waals surface area (Å²) < 4.78 is 10.9. The van der Waals surface area contributed by atoms with Gasteiger partial charge in [0.15, 0.2) is 0 Å². The Morgan fingerprint density at radius 3 is 2.60 bits per heavy atom. The highest BCUT2D eigenvalue weighted by molar-refractivity contribution is 5.67. The molecular weight excluding hydrogens is 248 g/mol. The van der Waals surface area contributed by atoms with E-state index >= 15 is 0 Å². The molecule has 1 aliphatic heterocycles. The van der Waals surface area contributed by atoms with E-state index < -0.39 is 0 Å². The first-order chi connectivity index (χ1) is 9.85. The molecule has 0 radical (unpaired) electrons. The molecule has 0 saturated carbocycles. The first-order valence-electron chi connectivity index (χ1n) is 6.60. The Morgan fingerprint density at radius 1 is 1.00 bits per heavy atom. The SMILES string of the molecule is COc1ccc(/C=C/C2=Cc3ccccc3OC2)cc1. The molecule has 1 heterocycles. The van der Waals surface area contributed by atoms with Crippen LogP contribution in [-0.2, 0) is 0 Å². The zero-order valence-corrected chi connectivity index (χ0v) is 11.4. The Labute approximate surface area is 119 Å². The molecule has 0 aliphatic carbocycles. The zero-order valence-electron chi connectivity index (χ0n) is 11.4. The summed E-state index contributed by atoms with van der Waals surface area (Å²) in [5, 5.41) is 0. The minimum absolute atomic E-state index is 0.615. The number of fused-ring (bicyclic) bond motifs is 1. The molecule has 2 aromatic carbocycles. The molecular formula is C18H16O2. The van der Waals surface area contributed by atoms with Crippen molar-refractivity contribution in [2.24, 2.45) is 0 Å². The molecule has 100 valence electrons. The van der Waals surface area contributed by atoms with Gasteiger partial charge in [-0.1, -0.05) is 42.5 Å². The van der Waals surface area contributed by atoms with Crippen LogP contribution >= 0.6 is 0 Å². The average Bonchev–Trinajstić information content (AvgIpc) is 2.53. The maximum Gasteiger partial charge on any atom is 0.127 e. The molecule has 0 spiro atoms. The van der Waals surface area contributed by atoms with Crippen LogP contribution in [0.3, 0.4) is 0 Å². The molecule has 2 aromatic rings. The molecule has 0 atom stereocenters. The van der Waals surface area contributed by atoms with Crippen molar-refractivity contribution >= 4 is 12.2 Å². The molecule has 0 unspecified atom stereocenters. The first-order valence-corrected chi connectivity index (χ1v) is 6.60. The number of benzene rings is 2. The number of hydrogen-bond acceptors (Lipinski definition) is 2. The van der Waals surface area contributed by atoms with Gasteiger partial charge >= 0.3 is 0 Å². The van der Waals surface area contributed by atoms with Gasteiger partial charge < -0.3 is 9.47 Å². The second-order valence-corrected chi connectivity index (χ2v) is 4.65. The molecule has 3 rings (SSSR count). The van der Waals surface area contributed by atoms with E-state index in [9.17, 15) is 0 Å². The van der Waals surface area contributed by atoms with Gasteiger partial charge in [0.2, 0.25) is 0 Å². The Hall–Kier alpha value is -2.48. The third-order valence-electron chi connectivity index (χ3n) is 3.26. The molecule has 2 nitrogen and oxygen atoms in total. The van der Waals surface area contributed by atoms with Gasteiger partial charge in [-0.2, -0.15) is 0 Å². The lowest BCUT2D eigenvalue weighted by atomic mass is 10.1. The third-order valence-corrected chi connectivity index (χ3v) is 3.26. The summed E-state index contributed by atoms with van der Waals surface area (Å²) in [6.07, 6.45) is 6.35. The van der Waals surface area contributed by atoms with E-state index in [1.807, 2.05) is 42.5 Å². The zero-order chi connectivity index (χ0) is 13.8. The second kappa shape index (κ2) is 5.66. The van der Waals surface area contributed by atoms with Gasteiger partial charge in [-0.05, 0) is 35.4 Å². The summed E-state index contributed by atoms with van der Waals surface area (Å²) in [7, 11) is 1.67. The number of ether oxygens (including phenoxy) is 2. The lowest BCUT2D eigenvalue weighted by Crippen LogP contribution is -2.05. The van der Waals surface area contributed by atoms with Crippen LogP contribution in [0.15, 0.2) is 60.2 Å². The fourth-order valence-corrected chi connectivity index (χ4v) is 2.15. The van der Waals surface area contributed by atoms with Crippen LogP contribution in [0.25, 0.3) is 12.2 Å². The van der Waals surface area contributed by atoms with Crippen LogP contribution in [0.1, 0.15) is 11.1 Å². The monoisotopic (exact) mass is 264 g/mol. The highest BCUT2D eigenvalue weighted by Gasteiger charge is 2.07. The predicted molar refractivity (Wildman–Crippen MR) is 81.9 cm³/mol. The van der Waals surface area contributed by atoms with Crippen LogP contribution < -0.4 is 9.47 Å². The quantitative estimate of drug-likeness (QED) is 0.827. The minimum Gasteiger partial charge on any atom is -0.497 e. The van der Waals surface area contributed by atoms with Crippen molar-refractivity contribution < 1.29 is 9.47 Å². The van der Waals surface area contributed by atoms with Crippen LogP contribution in [0.2, 0.25) is 0 Å². The molecule has 0 bridgehead atoms. The Bertz CT molecular complexity index is 651. The van der Waals surface area contributed by atoms with Crippen molar-refractivity contribution in [2.75, 3.05) is 13.7 Å². The third kappa shape index (κ3) is 2.75. The molecule has 2 heteroatoms. The van der Waals surface area contributed by atoms with E-state index in [4.69, 9.17) is 9.47 Å². The summed E-state index contributed by atoms with van der Waals surface area (Å²) in [6.45, 7) is 0.615. The van der Waals surface area contributed by atoms with E-state index in [2.05, 4.69) is 24.3 Å². The summed E-state index contributed by atoms with van der Waals surface area (Å²) in [4.78, 5) is 0. The Morgan fingerprint density at radius 2 is 1.80 bits per heavy atom. The Kier molecular flexibility index (Phi) is 3.55. The van der Waals surface area contributed by atoms with Crippen molar-refractivity contribution in [1.82, 2.24) is 0 Å². The van der Waals surface area contributed by atoms with Crippen molar-refractivity contribution in [3.8, 4) is 11.5 Å². The van der Waals surface area contributed by atoms with Crippen molar-refractivity contribution in [3.63, 3.8) is 0 Å². The normalized spacial score (nSPS) is 13.6. The maximum atomic E-state index is 5.72. The van der Waals surface area contributed by atoms with Gasteiger partial charge in [0, 0.05) is 5.56 Å². The fraction of sp³-hybridized carbons (Fsp3) is 0.111. The maximum absolute atomic E-state index is 5.72. The van der Waals surface area contributed by atoms with Crippen LogP contribution in [0, 0.1) is 0 Å². The standard InChI is InChI=1S/C18H16O2/c1-19-17-10-8-14(9-11-17)6-7-15-12-16-4-2-3-5-18(16)20-13-15/h2-12H,13H2,1H3/b7-6+. The number of hydrogen-bond donors (Lipinski definition) is 0. The van der Waals surface area contributed by atoms with Gasteiger partial charge in [-0.25, -0.2) is 0 Å². The molecule has 0 N–H and O–H groups in total. The highest BCUT2D eigenvalue weighted by Crippen LogP contribution is 2.26. The van der Waals surface area contributed by atoms with Crippen molar-refractivity contribution in [2.45, 2.75) is 0 Å².